The summed E-state index contributed by atoms with van der Waals surface area (Å²) in [6.07, 6.45) is 1.94. The SMILES string of the molecule is CN1CCNCC1c1noc(-c2ccccc2CCc2ccccc2)n1.Cl. The van der Waals surface area contributed by atoms with Crippen LogP contribution < -0.4 is 5.32 Å². The molecular formula is C21H25ClN4O. The molecule has 4 rings (SSSR count). The van der Waals surface area contributed by atoms with Crippen molar-refractivity contribution < 1.29 is 4.52 Å². The van der Waals surface area contributed by atoms with Gasteiger partial charge in [0.25, 0.3) is 5.89 Å². The van der Waals surface area contributed by atoms with Crippen molar-refractivity contribution in [2.75, 3.05) is 26.7 Å². The number of hydrogen-bond acceptors (Lipinski definition) is 5. The third-order valence-electron chi connectivity index (χ3n) is 5.02. The number of aromatic nitrogens is 2. The van der Waals surface area contributed by atoms with E-state index in [4.69, 9.17) is 9.51 Å². The Morgan fingerprint density at radius 1 is 1.07 bits per heavy atom. The molecule has 2 heterocycles. The van der Waals surface area contributed by atoms with E-state index in [2.05, 4.69) is 71.0 Å². The molecule has 1 aliphatic rings. The third-order valence-corrected chi connectivity index (χ3v) is 5.02. The quantitative estimate of drug-likeness (QED) is 0.729. The molecule has 1 aromatic heterocycles. The molecule has 0 aliphatic carbocycles. The van der Waals surface area contributed by atoms with Gasteiger partial charge in [-0.05, 0) is 37.1 Å². The molecule has 5 nitrogen and oxygen atoms in total. The third kappa shape index (κ3) is 4.56. The molecule has 1 atom stereocenters. The van der Waals surface area contributed by atoms with Gasteiger partial charge in [-0.2, -0.15) is 4.98 Å². The lowest BCUT2D eigenvalue weighted by atomic mass is 10.00. The van der Waals surface area contributed by atoms with Crippen LogP contribution >= 0.6 is 12.4 Å². The van der Waals surface area contributed by atoms with Crippen molar-refractivity contribution >= 4 is 12.4 Å². The predicted octanol–water partition coefficient (Wildman–Crippen LogP) is 3.52. The second-order valence-corrected chi connectivity index (χ2v) is 6.80. The lowest BCUT2D eigenvalue weighted by Gasteiger charge is -2.30. The Morgan fingerprint density at radius 3 is 2.67 bits per heavy atom. The van der Waals surface area contributed by atoms with Crippen LogP contribution in [0.25, 0.3) is 11.5 Å². The summed E-state index contributed by atoms with van der Waals surface area (Å²) in [7, 11) is 2.11. The molecule has 1 N–H and O–H groups in total. The van der Waals surface area contributed by atoms with Gasteiger partial charge in [-0.15, -0.1) is 12.4 Å². The van der Waals surface area contributed by atoms with Crippen molar-refractivity contribution in [1.82, 2.24) is 20.4 Å². The van der Waals surface area contributed by atoms with Gasteiger partial charge in [-0.25, -0.2) is 0 Å². The molecule has 1 unspecified atom stereocenters. The van der Waals surface area contributed by atoms with Gasteiger partial charge in [0.15, 0.2) is 5.82 Å². The summed E-state index contributed by atoms with van der Waals surface area (Å²) >= 11 is 0. The minimum Gasteiger partial charge on any atom is -0.334 e. The van der Waals surface area contributed by atoms with E-state index < -0.39 is 0 Å². The van der Waals surface area contributed by atoms with E-state index in [1.165, 1.54) is 11.1 Å². The van der Waals surface area contributed by atoms with Crippen molar-refractivity contribution in [1.29, 1.82) is 0 Å². The number of halogens is 1. The van der Waals surface area contributed by atoms with Crippen LogP contribution in [0.15, 0.2) is 59.1 Å². The summed E-state index contributed by atoms with van der Waals surface area (Å²) in [6.45, 7) is 2.84. The lowest BCUT2D eigenvalue weighted by Crippen LogP contribution is -2.44. The average molecular weight is 385 g/mol. The molecule has 142 valence electrons. The summed E-state index contributed by atoms with van der Waals surface area (Å²) in [5, 5.41) is 7.66. The zero-order chi connectivity index (χ0) is 17.8. The van der Waals surface area contributed by atoms with Gasteiger partial charge in [0.1, 0.15) is 0 Å². The first-order chi connectivity index (χ1) is 12.8. The normalized spacial score (nSPS) is 17.4. The van der Waals surface area contributed by atoms with E-state index in [1.807, 2.05) is 6.07 Å². The maximum Gasteiger partial charge on any atom is 0.258 e. The van der Waals surface area contributed by atoms with Gasteiger partial charge >= 0.3 is 0 Å². The Labute approximate surface area is 166 Å². The number of benzene rings is 2. The van der Waals surface area contributed by atoms with Crippen LogP contribution in [0.1, 0.15) is 23.0 Å². The zero-order valence-corrected chi connectivity index (χ0v) is 16.3. The molecule has 0 amide bonds. The van der Waals surface area contributed by atoms with Crippen molar-refractivity contribution in [3.8, 4) is 11.5 Å². The fourth-order valence-electron chi connectivity index (χ4n) is 3.44. The van der Waals surface area contributed by atoms with E-state index in [-0.39, 0.29) is 18.4 Å². The number of nitrogens with one attached hydrogen (secondary N) is 1. The number of hydrogen-bond donors (Lipinski definition) is 1. The molecule has 27 heavy (non-hydrogen) atoms. The minimum atomic E-state index is 0. The first-order valence-electron chi connectivity index (χ1n) is 9.18. The molecule has 0 bridgehead atoms. The standard InChI is InChI=1S/C21H24N4O.ClH/c1-25-14-13-22-15-19(25)20-23-21(26-24-20)18-10-6-5-9-17(18)12-11-16-7-3-2-4-8-16;/h2-10,19,22H,11-15H2,1H3;1H. The predicted molar refractivity (Wildman–Crippen MR) is 109 cm³/mol. The highest BCUT2D eigenvalue weighted by Crippen LogP contribution is 2.26. The molecule has 1 aliphatic heterocycles. The Morgan fingerprint density at radius 2 is 1.85 bits per heavy atom. The second kappa shape index (κ2) is 9.13. The highest BCUT2D eigenvalue weighted by atomic mass is 35.5. The van der Waals surface area contributed by atoms with Crippen LogP contribution in [0.4, 0.5) is 0 Å². The maximum atomic E-state index is 5.63. The molecule has 3 aromatic rings. The zero-order valence-electron chi connectivity index (χ0n) is 15.5. The molecule has 6 heteroatoms. The molecule has 0 saturated carbocycles. The average Bonchev–Trinajstić information content (AvgIpc) is 3.17. The first kappa shape index (κ1) is 19.5. The minimum absolute atomic E-state index is 0. The van der Waals surface area contributed by atoms with Crippen LogP contribution in [0.3, 0.4) is 0 Å². The van der Waals surface area contributed by atoms with E-state index in [1.54, 1.807) is 0 Å². The summed E-state index contributed by atoms with van der Waals surface area (Å²) in [6, 6.07) is 19.0. The molecule has 0 spiro atoms. The van der Waals surface area contributed by atoms with Gasteiger partial charge in [0.05, 0.1) is 6.04 Å². The van der Waals surface area contributed by atoms with Crippen LogP contribution in [-0.2, 0) is 12.8 Å². The van der Waals surface area contributed by atoms with Crippen molar-refractivity contribution in [2.45, 2.75) is 18.9 Å². The fraction of sp³-hybridized carbons (Fsp3) is 0.333. The second-order valence-electron chi connectivity index (χ2n) is 6.80. The van der Waals surface area contributed by atoms with E-state index in [0.29, 0.717) is 5.89 Å². The summed E-state index contributed by atoms with van der Waals surface area (Å²) in [5.41, 5.74) is 3.61. The molecular weight excluding hydrogens is 360 g/mol. The largest absolute Gasteiger partial charge is 0.334 e. The molecule has 1 fully saturated rings. The van der Waals surface area contributed by atoms with Crippen LogP contribution in [0.2, 0.25) is 0 Å². The van der Waals surface area contributed by atoms with E-state index in [9.17, 15) is 0 Å². The fourth-order valence-corrected chi connectivity index (χ4v) is 3.44. The van der Waals surface area contributed by atoms with Gasteiger partial charge < -0.3 is 9.84 Å². The lowest BCUT2D eigenvalue weighted by molar-refractivity contribution is 0.190. The summed E-state index contributed by atoms with van der Waals surface area (Å²) < 4.78 is 5.63. The van der Waals surface area contributed by atoms with Gasteiger partial charge in [0, 0.05) is 25.2 Å². The number of aryl methyl sites for hydroxylation is 2. The highest BCUT2D eigenvalue weighted by molar-refractivity contribution is 5.85. The molecule has 0 radical (unpaired) electrons. The van der Waals surface area contributed by atoms with Crippen molar-refractivity contribution in [3.05, 3.63) is 71.5 Å². The smallest absolute Gasteiger partial charge is 0.258 e. The number of nitrogens with zero attached hydrogens (tertiary/aromatic N) is 3. The highest BCUT2D eigenvalue weighted by Gasteiger charge is 2.25. The Bertz CT molecular complexity index is 852. The number of rotatable bonds is 5. The first-order valence-corrected chi connectivity index (χ1v) is 9.18. The summed E-state index contributed by atoms with van der Waals surface area (Å²) in [5.74, 6) is 1.37. The van der Waals surface area contributed by atoms with Crippen LogP contribution in [0, 0.1) is 0 Å². The molecule has 2 aromatic carbocycles. The van der Waals surface area contributed by atoms with Crippen molar-refractivity contribution in [3.63, 3.8) is 0 Å². The summed E-state index contributed by atoms with van der Waals surface area (Å²) in [4.78, 5) is 6.98. The van der Waals surface area contributed by atoms with Crippen LogP contribution in [-0.4, -0.2) is 41.7 Å². The topological polar surface area (TPSA) is 54.2 Å². The number of piperazine rings is 1. The van der Waals surface area contributed by atoms with Crippen LogP contribution in [0.5, 0.6) is 0 Å². The monoisotopic (exact) mass is 384 g/mol. The van der Waals surface area contributed by atoms with E-state index in [0.717, 1.165) is 43.9 Å². The van der Waals surface area contributed by atoms with Crippen molar-refractivity contribution in [2.24, 2.45) is 0 Å². The van der Waals surface area contributed by atoms with Gasteiger partial charge in [0.2, 0.25) is 0 Å². The Balaban J connectivity index is 0.00000210. The Kier molecular flexibility index (Phi) is 6.61. The van der Waals surface area contributed by atoms with E-state index >= 15 is 0 Å². The van der Waals surface area contributed by atoms with Gasteiger partial charge in [-0.1, -0.05) is 53.7 Å². The molecule has 1 saturated heterocycles. The Hall–Kier alpha value is -2.21. The maximum absolute atomic E-state index is 5.63. The van der Waals surface area contributed by atoms with Gasteiger partial charge in [-0.3, -0.25) is 4.90 Å². The number of likely N-dealkylation sites (N-methyl/N-ethyl adjacent to an activating group) is 1.